The maximum atomic E-state index is 14.6. The number of halogens is 6. The highest BCUT2D eigenvalue weighted by Gasteiger charge is 2.41. The SMILES string of the molecule is CCCCCc1cc(F)c(C(F)(F)Oc2ccc(C(F)(F)Oc3ccc(CC)cc3)cc2)c(F)c1. The lowest BCUT2D eigenvalue weighted by Gasteiger charge is -2.21. The molecule has 3 aromatic rings. The van der Waals surface area contributed by atoms with Crippen LogP contribution in [0.4, 0.5) is 26.3 Å². The van der Waals surface area contributed by atoms with E-state index in [0.29, 0.717) is 12.8 Å². The molecular formula is C27H26F6O2. The van der Waals surface area contributed by atoms with E-state index in [1.54, 1.807) is 12.1 Å². The monoisotopic (exact) mass is 496 g/mol. The average Bonchev–Trinajstić information content (AvgIpc) is 2.79. The van der Waals surface area contributed by atoms with Crippen molar-refractivity contribution in [1.82, 2.24) is 0 Å². The molecule has 0 saturated heterocycles. The first kappa shape index (κ1) is 26.4. The summed E-state index contributed by atoms with van der Waals surface area (Å²) >= 11 is 0. The van der Waals surface area contributed by atoms with Crippen molar-refractivity contribution in [2.45, 2.75) is 58.2 Å². The van der Waals surface area contributed by atoms with E-state index in [1.807, 2.05) is 13.8 Å². The Morgan fingerprint density at radius 3 is 1.69 bits per heavy atom. The zero-order valence-electron chi connectivity index (χ0n) is 19.4. The molecule has 0 N–H and O–H groups in total. The maximum Gasteiger partial charge on any atom is 0.432 e. The van der Waals surface area contributed by atoms with Crippen LogP contribution in [0.3, 0.4) is 0 Å². The fourth-order valence-electron chi connectivity index (χ4n) is 3.54. The van der Waals surface area contributed by atoms with Crippen LogP contribution >= 0.6 is 0 Å². The van der Waals surface area contributed by atoms with Gasteiger partial charge in [0.2, 0.25) is 0 Å². The molecule has 35 heavy (non-hydrogen) atoms. The molecule has 0 aliphatic rings. The van der Waals surface area contributed by atoms with E-state index in [9.17, 15) is 26.3 Å². The molecule has 0 aliphatic heterocycles. The summed E-state index contributed by atoms with van der Waals surface area (Å²) in [6.45, 7) is 3.89. The zero-order valence-corrected chi connectivity index (χ0v) is 19.4. The number of alkyl halides is 4. The van der Waals surface area contributed by atoms with Gasteiger partial charge in [0.05, 0.1) is 5.56 Å². The largest absolute Gasteiger partial charge is 0.432 e. The minimum atomic E-state index is -4.36. The van der Waals surface area contributed by atoms with Gasteiger partial charge in [-0.05, 0) is 78.9 Å². The van der Waals surface area contributed by atoms with Gasteiger partial charge in [0, 0.05) is 0 Å². The summed E-state index contributed by atoms with van der Waals surface area (Å²) in [5, 5.41) is 0. The smallest absolute Gasteiger partial charge is 0.429 e. The van der Waals surface area contributed by atoms with Gasteiger partial charge in [-0.3, -0.25) is 0 Å². The van der Waals surface area contributed by atoms with Crippen molar-refractivity contribution in [3.8, 4) is 11.5 Å². The summed E-state index contributed by atoms with van der Waals surface area (Å²) in [5.74, 6) is -3.49. The Bertz CT molecular complexity index is 1090. The second-order valence-corrected chi connectivity index (χ2v) is 8.15. The van der Waals surface area contributed by atoms with E-state index in [0.717, 1.165) is 61.2 Å². The quantitative estimate of drug-likeness (QED) is 0.196. The molecule has 0 fully saturated rings. The standard InChI is InChI=1S/C27H26F6O2/c1-3-5-6-7-19-16-23(28)25(24(29)17-19)27(32,33)35-22-14-10-20(11-15-22)26(30,31)34-21-12-8-18(4-2)9-13-21/h8-17H,3-7H2,1-2H3. The summed E-state index contributed by atoms with van der Waals surface area (Å²) in [7, 11) is 0. The Morgan fingerprint density at radius 1 is 0.657 bits per heavy atom. The Balaban J connectivity index is 1.73. The van der Waals surface area contributed by atoms with Crippen LogP contribution in [0.15, 0.2) is 60.7 Å². The molecule has 3 rings (SSSR count). The molecule has 0 bridgehead atoms. The topological polar surface area (TPSA) is 18.5 Å². The molecule has 8 heteroatoms. The zero-order chi connectivity index (χ0) is 25.6. The molecule has 0 saturated carbocycles. The van der Waals surface area contributed by atoms with Gasteiger partial charge in [-0.15, -0.1) is 0 Å². The Kier molecular flexibility index (Phi) is 8.35. The normalized spacial score (nSPS) is 12.0. The lowest BCUT2D eigenvalue weighted by atomic mass is 10.0. The van der Waals surface area contributed by atoms with Crippen LogP contribution in [0.25, 0.3) is 0 Å². The first-order chi connectivity index (χ1) is 16.6. The minimum Gasteiger partial charge on any atom is -0.429 e. The lowest BCUT2D eigenvalue weighted by molar-refractivity contribution is -0.190. The molecule has 0 aliphatic carbocycles. The second kappa shape index (κ2) is 11.1. The number of aryl methyl sites for hydroxylation is 2. The van der Waals surface area contributed by atoms with Crippen LogP contribution in [0, 0.1) is 11.6 Å². The molecule has 0 spiro atoms. The van der Waals surface area contributed by atoms with Crippen LogP contribution in [0.5, 0.6) is 11.5 Å². The van der Waals surface area contributed by atoms with Crippen molar-refractivity contribution in [3.05, 3.63) is 94.6 Å². The molecule has 3 aromatic carbocycles. The number of benzene rings is 3. The molecule has 0 heterocycles. The second-order valence-electron chi connectivity index (χ2n) is 8.15. The Labute approximate surface area is 200 Å². The van der Waals surface area contributed by atoms with Crippen molar-refractivity contribution >= 4 is 0 Å². The fourth-order valence-corrected chi connectivity index (χ4v) is 3.54. The number of unbranched alkanes of at least 4 members (excludes halogenated alkanes) is 2. The lowest BCUT2D eigenvalue weighted by Crippen LogP contribution is -2.25. The Hall–Kier alpha value is -3.16. The van der Waals surface area contributed by atoms with Gasteiger partial charge < -0.3 is 9.47 Å². The molecule has 0 amide bonds. The van der Waals surface area contributed by atoms with Gasteiger partial charge in [0.25, 0.3) is 0 Å². The van der Waals surface area contributed by atoms with Crippen molar-refractivity contribution < 1.29 is 35.8 Å². The van der Waals surface area contributed by atoms with Crippen molar-refractivity contribution in [2.24, 2.45) is 0 Å². The van der Waals surface area contributed by atoms with E-state index in [2.05, 4.69) is 4.74 Å². The van der Waals surface area contributed by atoms with E-state index >= 15 is 0 Å². The number of hydrogen-bond donors (Lipinski definition) is 0. The van der Waals surface area contributed by atoms with E-state index in [1.165, 1.54) is 12.1 Å². The van der Waals surface area contributed by atoms with Crippen LogP contribution in [-0.4, -0.2) is 0 Å². The van der Waals surface area contributed by atoms with Crippen LogP contribution in [-0.2, 0) is 25.1 Å². The summed E-state index contributed by atoms with van der Waals surface area (Å²) < 4.78 is 96.2. The molecule has 2 nitrogen and oxygen atoms in total. The van der Waals surface area contributed by atoms with Crippen molar-refractivity contribution in [1.29, 1.82) is 0 Å². The summed E-state index contributed by atoms with van der Waals surface area (Å²) in [5.41, 5.74) is -0.933. The molecular weight excluding hydrogens is 470 g/mol. The summed E-state index contributed by atoms with van der Waals surface area (Å²) in [4.78, 5) is 0. The predicted molar refractivity (Wildman–Crippen MR) is 121 cm³/mol. The number of hydrogen-bond acceptors (Lipinski definition) is 2. The number of rotatable bonds is 11. The third-order valence-corrected chi connectivity index (χ3v) is 5.48. The first-order valence-electron chi connectivity index (χ1n) is 11.4. The van der Waals surface area contributed by atoms with Crippen LogP contribution < -0.4 is 9.47 Å². The first-order valence-corrected chi connectivity index (χ1v) is 11.4. The number of ether oxygens (including phenoxy) is 2. The maximum absolute atomic E-state index is 14.6. The van der Waals surface area contributed by atoms with Crippen molar-refractivity contribution in [3.63, 3.8) is 0 Å². The van der Waals surface area contributed by atoms with E-state index in [-0.39, 0.29) is 11.3 Å². The molecule has 0 aromatic heterocycles. The van der Waals surface area contributed by atoms with Crippen LogP contribution in [0.2, 0.25) is 0 Å². The average molecular weight is 496 g/mol. The van der Waals surface area contributed by atoms with Crippen molar-refractivity contribution in [2.75, 3.05) is 0 Å². The molecule has 0 radical (unpaired) electrons. The summed E-state index contributed by atoms with van der Waals surface area (Å²) in [6.07, 6.45) is -4.60. The van der Waals surface area contributed by atoms with E-state index < -0.39 is 40.7 Å². The summed E-state index contributed by atoms with van der Waals surface area (Å²) in [6, 6.07) is 11.2. The fraction of sp³-hybridized carbons (Fsp3) is 0.333. The highest BCUT2D eigenvalue weighted by Crippen LogP contribution is 2.37. The third-order valence-electron chi connectivity index (χ3n) is 5.48. The predicted octanol–water partition coefficient (Wildman–Crippen LogP) is 8.52. The molecule has 0 unspecified atom stereocenters. The minimum absolute atomic E-state index is 0.0665. The van der Waals surface area contributed by atoms with Gasteiger partial charge in [-0.1, -0.05) is 38.8 Å². The molecule has 0 atom stereocenters. The van der Waals surface area contributed by atoms with Gasteiger partial charge >= 0.3 is 12.2 Å². The van der Waals surface area contributed by atoms with Gasteiger partial charge in [0.1, 0.15) is 28.7 Å². The van der Waals surface area contributed by atoms with Gasteiger partial charge in [-0.2, -0.15) is 17.6 Å². The third kappa shape index (κ3) is 6.71. The highest BCUT2D eigenvalue weighted by atomic mass is 19.3. The highest BCUT2D eigenvalue weighted by molar-refractivity contribution is 5.34. The van der Waals surface area contributed by atoms with Gasteiger partial charge in [0.15, 0.2) is 0 Å². The Morgan fingerprint density at radius 2 is 1.17 bits per heavy atom. The van der Waals surface area contributed by atoms with Gasteiger partial charge in [-0.25, -0.2) is 8.78 Å². The van der Waals surface area contributed by atoms with Crippen LogP contribution in [0.1, 0.15) is 55.4 Å². The van der Waals surface area contributed by atoms with E-state index in [4.69, 9.17) is 4.74 Å². The molecule has 188 valence electrons.